The summed E-state index contributed by atoms with van der Waals surface area (Å²) in [6, 6.07) is 22.5. The number of nitrogen functional groups attached to an aromatic ring is 1. The third-order valence-corrected chi connectivity index (χ3v) is 10.5. The Bertz CT molecular complexity index is 2560. The maximum Gasteiger partial charge on any atom is 0.341 e. The van der Waals surface area contributed by atoms with Crippen LogP contribution in [-0.4, -0.2) is 49.4 Å². The fraction of sp³-hybridized carbons (Fsp3) is 0.184. The zero-order valence-electron chi connectivity index (χ0n) is 30.0. The molecule has 0 saturated heterocycles. The van der Waals surface area contributed by atoms with Crippen LogP contribution in [0.3, 0.4) is 0 Å². The Balaban J connectivity index is 0.000000205. The number of hydrogen-bond donors (Lipinski definition) is 4. The number of halogens is 4. The quantitative estimate of drug-likeness (QED) is 0.0885. The lowest BCUT2D eigenvalue weighted by Crippen LogP contribution is -2.18. The Kier molecular flexibility index (Phi) is 14.5. The first-order valence-corrected chi connectivity index (χ1v) is 20.1. The van der Waals surface area contributed by atoms with Gasteiger partial charge in [0.05, 0.1) is 57.6 Å². The van der Waals surface area contributed by atoms with Gasteiger partial charge in [0, 0.05) is 10.8 Å². The van der Waals surface area contributed by atoms with E-state index in [1.807, 2.05) is 59.3 Å². The Labute approximate surface area is 320 Å². The number of pyridine rings is 2. The predicted molar refractivity (Wildman–Crippen MR) is 207 cm³/mol. The summed E-state index contributed by atoms with van der Waals surface area (Å²) in [6.45, 7) is 2.90. The van der Waals surface area contributed by atoms with Crippen molar-refractivity contribution in [3.05, 3.63) is 132 Å². The number of rotatable bonds is 12. The molecule has 18 heteroatoms. The number of ether oxygens (including phenoxy) is 1. The van der Waals surface area contributed by atoms with E-state index in [1.54, 1.807) is 26.1 Å². The van der Waals surface area contributed by atoms with Crippen LogP contribution >= 0.6 is 0 Å². The smallest absolute Gasteiger partial charge is 0.341 e. The van der Waals surface area contributed by atoms with Gasteiger partial charge in [-0.25, -0.2) is 39.2 Å². The van der Waals surface area contributed by atoms with E-state index in [2.05, 4.69) is 14.7 Å². The molecule has 5 N–H and O–H groups in total. The number of carbonyl (C=O) groups is 1. The number of carboxylic acid groups (broad SMARTS) is 1. The first kappa shape index (κ1) is 42.7. The van der Waals surface area contributed by atoms with Gasteiger partial charge in [-0.1, -0.05) is 50.2 Å². The van der Waals surface area contributed by atoms with Crippen LogP contribution in [0.4, 0.5) is 34.6 Å². The maximum absolute atomic E-state index is 14.6. The summed E-state index contributed by atoms with van der Waals surface area (Å²) in [4.78, 5) is 19.0. The molecule has 0 aliphatic rings. The van der Waals surface area contributed by atoms with Gasteiger partial charge in [0.15, 0.2) is 11.6 Å². The zero-order valence-corrected chi connectivity index (χ0v) is 31.6. The molecule has 0 spiro atoms. The molecule has 6 aromatic rings. The van der Waals surface area contributed by atoms with Gasteiger partial charge in [-0.05, 0) is 61.4 Å². The summed E-state index contributed by atoms with van der Waals surface area (Å²) in [5.74, 6) is -6.38. The molecule has 4 aromatic carbocycles. The van der Waals surface area contributed by atoms with E-state index in [0.29, 0.717) is 30.3 Å². The monoisotopic (exact) mass is 815 g/mol. The number of fused-ring (bicyclic) bond motifs is 2. The molecule has 0 aliphatic heterocycles. The lowest BCUT2D eigenvalue weighted by atomic mass is 10.2. The van der Waals surface area contributed by atoms with Crippen molar-refractivity contribution in [2.45, 2.75) is 33.3 Å². The first-order chi connectivity index (χ1) is 26.5. The third kappa shape index (κ3) is 11.7. The van der Waals surface area contributed by atoms with Gasteiger partial charge in [-0.2, -0.15) is 0 Å². The number of nitrogens with two attached hydrogens (primary N) is 1. The first-order valence-electron chi connectivity index (χ1n) is 16.8. The van der Waals surface area contributed by atoms with Gasteiger partial charge in [0.2, 0.25) is 20.0 Å². The van der Waals surface area contributed by atoms with E-state index in [-0.39, 0.29) is 22.8 Å². The van der Waals surface area contributed by atoms with E-state index in [4.69, 9.17) is 15.6 Å². The maximum atomic E-state index is 14.6. The number of hydrogen-bond acceptors (Lipinski definition) is 9. The Morgan fingerprint density at radius 1 is 0.714 bits per heavy atom. The van der Waals surface area contributed by atoms with Crippen molar-refractivity contribution >= 4 is 64.9 Å². The van der Waals surface area contributed by atoms with Crippen molar-refractivity contribution in [1.29, 1.82) is 0 Å². The minimum Gasteiger partial charge on any atom is -0.487 e. The predicted octanol–water partition coefficient (Wildman–Crippen LogP) is 7.88. The van der Waals surface area contributed by atoms with E-state index < -0.39 is 67.1 Å². The highest BCUT2D eigenvalue weighted by Gasteiger charge is 2.22. The second-order valence-electron chi connectivity index (χ2n) is 11.9. The highest BCUT2D eigenvalue weighted by atomic mass is 32.2. The Hall–Kier alpha value is -6.01. The van der Waals surface area contributed by atoms with Crippen molar-refractivity contribution in [3.63, 3.8) is 0 Å². The summed E-state index contributed by atoms with van der Waals surface area (Å²) >= 11 is 0. The molecule has 0 fully saturated rings. The number of nitrogens with one attached hydrogen (secondary N) is 2. The molecule has 2 heterocycles. The highest BCUT2D eigenvalue weighted by molar-refractivity contribution is 7.92. The second-order valence-corrected chi connectivity index (χ2v) is 15.6. The molecule has 0 bridgehead atoms. The van der Waals surface area contributed by atoms with Crippen molar-refractivity contribution < 1.29 is 49.0 Å². The standard InChI is InChI=1S/C19H18F2N2O3S.C10H11F2NO4S.C9H8N2/c1-2-9-27(24,25)23-18-8-7-16(20)15(19(18)21)12-26-14-10-13-5-3-4-6-17(13)22-11-14;1-2-5-18(16,17)13-7-4-3-6(11)8(9(7)12)10(14)15;10-8-5-7-3-1-2-4-9(7)11-6-8/h3-8,10-11,23H,2,9,12H2,1H3;3-4,13H,2,5H2,1H3,(H,14,15);1-6H,10H2. The lowest BCUT2D eigenvalue weighted by Gasteiger charge is -2.13. The van der Waals surface area contributed by atoms with E-state index in [0.717, 1.165) is 40.0 Å². The van der Waals surface area contributed by atoms with Gasteiger partial charge in [-0.15, -0.1) is 0 Å². The molecule has 296 valence electrons. The molecule has 0 atom stereocenters. The summed E-state index contributed by atoms with van der Waals surface area (Å²) in [7, 11) is -7.46. The fourth-order valence-corrected chi connectivity index (χ4v) is 7.25. The van der Waals surface area contributed by atoms with Crippen LogP contribution in [-0.2, 0) is 26.7 Å². The molecule has 12 nitrogen and oxygen atoms in total. The lowest BCUT2D eigenvalue weighted by molar-refractivity contribution is 0.0686. The number of para-hydroxylation sites is 2. The third-order valence-electron chi connectivity index (χ3n) is 7.53. The van der Waals surface area contributed by atoms with Crippen LogP contribution in [0.15, 0.2) is 97.3 Å². The number of benzene rings is 4. The number of aromatic carboxylic acids is 1. The van der Waals surface area contributed by atoms with Gasteiger partial charge in [-0.3, -0.25) is 19.4 Å². The van der Waals surface area contributed by atoms with Crippen molar-refractivity contribution in [2.24, 2.45) is 0 Å². The number of aromatic nitrogens is 2. The van der Waals surface area contributed by atoms with Crippen LogP contribution in [0, 0.1) is 23.3 Å². The minimum atomic E-state index is -3.77. The average Bonchev–Trinajstić information content (AvgIpc) is 3.14. The van der Waals surface area contributed by atoms with Gasteiger partial charge >= 0.3 is 5.97 Å². The largest absolute Gasteiger partial charge is 0.487 e. The average molecular weight is 816 g/mol. The summed E-state index contributed by atoms with van der Waals surface area (Å²) in [5.41, 5.74) is 5.60. The van der Waals surface area contributed by atoms with Crippen LogP contribution < -0.4 is 19.9 Å². The molecule has 0 amide bonds. The SMILES string of the molecule is CCCS(=O)(=O)Nc1ccc(F)c(C(=O)O)c1F.CCCS(=O)(=O)Nc1ccc(F)c(COc2cnc3ccccc3c2)c1F.Nc1cnc2ccccc2c1. The Morgan fingerprint density at radius 2 is 1.21 bits per heavy atom. The van der Waals surface area contributed by atoms with Crippen molar-refractivity contribution in [2.75, 3.05) is 26.7 Å². The number of anilines is 3. The van der Waals surface area contributed by atoms with E-state index in [1.165, 1.54) is 6.20 Å². The molecule has 0 aliphatic carbocycles. The van der Waals surface area contributed by atoms with Crippen molar-refractivity contribution in [1.82, 2.24) is 9.97 Å². The zero-order chi connectivity index (χ0) is 41.0. The molecule has 0 radical (unpaired) electrons. The number of nitrogens with zero attached hydrogens (tertiary/aromatic N) is 2. The fourth-order valence-electron chi connectivity index (χ4n) is 4.98. The normalized spacial score (nSPS) is 11.2. The molecule has 0 saturated carbocycles. The van der Waals surface area contributed by atoms with Crippen LogP contribution in [0.5, 0.6) is 5.75 Å². The van der Waals surface area contributed by atoms with Gasteiger partial charge < -0.3 is 15.6 Å². The molecule has 2 aromatic heterocycles. The van der Waals surface area contributed by atoms with Gasteiger partial charge in [0.1, 0.15) is 29.6 Å². The van der Waals surface area contributed by atoms with E-state index in [9.17, 15) is 39.2 Å². The molecule has 0 unspecified atom stereocenters. The number of sulfonamides is 2. The molecular weight excluding hydrogens is 779 g/mol. The van der Waals surface area contributed by atoms with Crippen molar-refractivity contribution in [3.8, 4) is 5.75 Å². The van der Waals surface area contributed by atoms with Crippen LogP contribution in [0.2, 0.25) is 0 Å². The molecule has 56 heavy (non-hydrogen) atoms. The van der Waals surface area contributed by atoms with Crippen LogP contribution in [0.25, 0.3) is 21.8 Å². The topological polar surface area (TPSA) is 191 Å². The number of carboxylic acids is 1. The highest BCUT2D eigenvalue weighted by Crippen LogP contribution is 2.26. The van der Waals surface area contributed by atoms with Gasteiger partial charge in [0.25, 0.3) is 0 Å². The summed E-state index contributed by atoms with van der Waals surface area (Å²) in [5, 5.41) is 10.5. The second kappa shape index (κ2) is 19.0. The summed E-state index contributed by atoms with van der Waals surface area (Å²) in [6.07, 6.45) is 3.82. The minimum absolute atomic E-state index is 0.154. The molecular formula is C38H37F4N5O7S2. The summed E-state index contributed by atoms with van der Waals surface area (Å²) < 4.78 is 111. The Morgan fingerprint density at radius 3 is 1.77 bits per heavy atom. The molecule has 6 rings (SSSR count). The van der Waals surface area contributed by atoms with E-state index >= 15 is 0 Å². The van der Waals surface area contributed by atoms with Crippen LogP contribution in [0.1, 0.15) is 42.6 Å².